The monoisotopic (exact) mass is 344 g/mol. The third-order valence-electron chi connectivity index (χ3n) is 3.53. The first-order chi connectivity index (χ1) is 12.0. The standard InChI is InChI=1S/C18H13FO6/c1-23-18(22)16(21)17-15(20)13-8-12(6-7-14(13)25-17)24-9-10-2-4-11(19)5-3-10/h2-8,20H,9H2,1H3. The number of fused-ring (bicyclic) bond motifs is 1. The minimum absolute atomic E-state index is 0.193. The molecule has 25 heavy (non-hydrogen) atoms. The van der Waals surface area contributed by atoms with Gasteiger partial charge in [0.05, 0.1) is 12.5 Å². The van der Waals surface area contributed by atoms with Crippen LogP contribution in [0.15, 0.2) is 46.9 Å². The van der Waals surface area contributed by atoms with Crippen LogP contribution in [0.2, 0.25) is 0 Å². The molecule has 0 unspecified atom stereocenters. The molecule has 0 saturated carbocycles. The van der Waals surface area contributed by atoms with E-state index in [1.807, 2.05) is 0 Å². The molecule has 1 heterocycles. The number of carbonyl (C=O) groups is 2. The number of halogens is 1. The number of benzene rings is 2. The zero-order chi connectivity index (χ0) is 18.0. The summed E-state index contributed by atoms with van der Waals surface area (Å²) in [7, 11) is 1.06. The summed E-state index contributed by atoms with van der Waals surface area (Å²) in [5, 5.41) is 10.4. The highest BCUT2D eigenvalue weighted by atomic mass is 19.1. The Morgan fingerprint density at radius 2 is 1.88 bits per heavy atom. The molecule has 3 aromatic rings. The minimum atomic E-state index is -1.14. The predicted molar refractivity (Wildman–Crippen MR) is 85.0 cm³/mol. The van der Waals surface area contributed by atoms with E-state index in [-0.39, 0.29) is 23.4 Å². The lowest BCUT2D eigenvalue weighted by Gasteiger charge is -2.06. The topological polar surface area (TPSA) is 86.0 Å². The number of Topliss-reactive ketones (excluding diaryl/α,β-unsaturated/α-hetero) is 1. The molecule has 0 amide bonds. The summed E-state index contributed by atoms with van der Waals surface area (Å²) in [4.78, 5) is 23.1. The van der Waals surface area contributed by atoms with Crippen LogP contribution in [0.4, 0.5) is 4.39 Å². The summed E-state index contributed by atoms with van der Waals surface area (Å²) >= 11 is 0. The molecule has 0 spiro atoms. The van der Waals surface area contributed by atoms with E-state index < -0.39 is 23.3 Å². The second kappa shape index (κ2) is 6.64. The van der Waals surface area contributed by atoms with Gasteiger partial charge in [0.25, 0.3) is 0 Å². The molecule has 0 fully saturated rings. The van der Waals surface area contributed by atoms with Gasteiger partial charge in [-0.1, -0.05) is 12.1 Å². The number of hydrogen-bond acceptors (Lipinski definition) is 6. The van der Waals surface area contributed by atoms with E-state index in [1.54, 1.807) is 18.2 Å². The predicted octanol–water partition coefficient (Wildman–Crippen LogP) is 3.21. The lowest BCUT2D eigenvalue weighted by atomic mass is 10.2. The van der Waals surface area contributed by atoms with Gasteiger partial charge in [-0.25, -0.2) is 9.18 Å². The lowest BCUT2D eigenvalue weighted by molar-refractivity contribution is -0.135. The fourth-order valence-electron chi connectivity index (χ4n) is 2.24. The van der Waals surface area contributed by atoms with E-state index in [0.717, 1.165) is 12.7 Å². The van der Waals surface area contributed by atoms with Gasteiger partial charge in [0.2, 0.25) is 5.76 Å². The Hall–Kier alpha value is -3.35. The molecule has 3 rings (SSSR count). The highest BCUT2D eigenvalue weighted by Crippen LogP contribution is 2.35. The van der Waals surface area contributed by atoms with E-state index in [0.29, 0.717) is 5.75 Å². The second-order valence-electron chi connectivity index (χ2n) is 5.17. The summed E-state index contributed by atoms with van der Waals surface area (Å²) in [5.41, 5.74) is 0.985. The van der Waals surface area contributed by atoms with Crippen molar-refractivity contribution in [3.05, 3.63) is 59.6 Å². The Morgan fingerprint density at radius 1 is 1.16 bits per heavy atom. The largest absolute Gasteiger partial charge is 0.504 e. The van der Waals surface area contributed by atoms with Crippen molar-refractivity contribution in [3.8, 4) is 11.5 Å². The van der Waals surface area contributed by atoms with Gasteiger partial charge in [0.1, 0.15) is 23.8 Å². The minimum Gasteiger partial charge on any atom is -0.504 e. The molecule has 1 aromatic heterocycles. The zero-order valence-electron chi connectivity index (χ0n) is 13.1. The van der Waals surface area contributed by atoms with Crippen molar-refractivity contribution < 1.29 is 33.0 Å². The fourth-order valence-corrected chi connectivity index (χ4v) is 2.24. The maximum absolute atomic E-state index is 12.9. The average Bonchev–Trinajstić information content (AvgIpc) is 2.96. The van der Waals surface area contributed by atoms with Crippen LogP contribution in [0.3, 0.4) is 0 Å². The fraction of sp³-hybridized carbons (Fsp3) is 0.111. The van der Waals surface area contributed by atoms with Gasteiger partial charge < -0.3 is 19.0 Å². The Bertz CT molecular complexity index is 942. The smallest absolute Gasteiger partial charge is 0.382 e. The number of hydrogen-bond donors (Lipinski definition) is 1. The lowest BCUT2D eigenvalue weighted by Crippen LogP contribution is -2.14. The molecule has 7 heteroatoms. The molecule has 0 atom stereocenters. The molecule has 0 bridgehead atoms. The molecule has 1 N–H and O–H groups in total. The summed E-state index contributed by atoms with van der Waals surface area (Å²) in [6, 6.07) is 10.4. The van der Waals surface area contributed by atoms with Gasteiger partial charge in [0.15, 0.2) is 5.75 Å². The normalized spacial score (nSPS) is 10.6. The Kier molecular flexibility index (Phi) is 4.38. The van der Waals surface area contributed by atoms with E-state index in [9.17, 15) is 19.1 Å². The Morgan fingerprint density at radius 3 is 2.56 bits per heavy atom. The van der Waals surface area contributed by atoms with Crippen LogP contribution >= 0.6 is 0 Å². The van der Waals surface area contributed by atoms with Crippen LogP contribution in [0.25, 0.3) is 11.0 Å². The van der Waals surface area contributed by atoms with Gasteiger partial charge >= 0.3 is 11.8 Å². The average molecular weight is 344 g/mol. The van der Waals surface area contributed by atoms with Crippen molar-refractivity contribution in [3.63, 3.8) is 0 Å². The van der Waals surface area contributed by atoms with Crippen molar-refractivity contribution >= 4 is 22.7 Å². The van der Waals surface area contributed by atoms with Gasteiger partial charge in [-0.15, -0.1) is 0 Å². The zero-order valence-corrected chi connectivity index (χ0v) is 13.1. The summed E-state index contributed by atoms with van der Waals surface area (Å²) in [6.45, 7) is 0.193. The van der Waals surface area contributed by atoms with Gasteiger partial charge in [-0.05, 0) is 35.9 Å². The van der Waals surface area contributed by atoms with E-state index in [4.69, 9.17) is 9.15 Å². The van der Waals surface area contributed by atoms with Crippen molar-refractivity contribution in [2.24, 2.45) is 0 Å². The van der Waals surface area contributed by atoms with E-state index in [2.05, 4.69) is 4.74 Å². The summed E-state index contributed by atoms with van der Waals surface area (Å²) in [6.07, 6.45) is 0. The molecular weight excluding hydrogens is 331 g/mol. The van der Waals surface area contributed by atoms with Crippen LogP contribution in [-0.4, -0.2) is 24.0 Å². The third-order valence-corrected chi connectivity index (χ3v) is 3.53. The SMILES string of the molecule is COC(=O)C(=O)c1oc2ccc(OCc3ccc(F)cc3)cc2c1O. The molecule has 0 aliphatic rings. The van der Waals surface area contributed by atoms with Crippen molar-refractivity contribution in [2.45, 2.75) is 6.61 Å². The molecule has 0 saturated heterocycles. The van der Waals surface area contributed by atoms with Crippen LogP contribution in [0.5, 0.6) is 11.5 Å². The third kappa shape index (κ3) is 3.30. The maximum Gasteiger partial charge on any atom is 0.382 e. The second-order valence-corrected chi connectivity index (χ2v) is 5.17. The van der Waals surface area contributed by atoms with E-state index in [1.165, 1.54) is 24.3 Å². The molecule has 6 nitrogen and oxygen atoms in total. The number of aromatic hydroxyl groups is 1. The van der Waals surface area contributed by atoms with Crippen molar-refractivity contribution in [1.82, 2.24) is 0 Å². The molecular formula is C18H13FO6. The Balaban J connectivity index is 1.84. The number of rotatable bonds is 5. The summed E-state index contributed by atoms with van der Waals surface area (Å²) < 4.78 is 28.0. The van der Waals surface area contributed by atoms with Crippen LogP contribution in [-0.2, 0) is 16.1 Å². The number of carbonyl (C=O) groups excluding carboxylic acids is 2. The van der Waals surface area contributed by atoms with Gasteiger partial charge in [-0.2, -0.15) is 0 Å². The number of methoxy groups -OCH3 is 1. The van der Waals surface area contributed by atoms with Crippen molar-refractivity contribution in [2.75, 3.05) is 7.11 Å². The number of esters is 1. The first-order valence-electron chi connectivity index (χ1n) is 7.25. The number of ether oxygens (including phenoxy) is 2. The number of ketones is 1. The van der Waals surface area contributed by atoms with Crippen LogP contribution in [0.1, 0.15) is 16.1 Å². The molecule has 0 aliphatic carbocycles. The highest BCUT2D eigenvalue weighted by Gasteiger charge is 2.27. The van der Waals surface area contributed by atoms with Gasteiger partial charge in [-0.3, -0.25) is 4.79 Å². The Labute approximate surface area is 141 Å². The van der Waals surface area contributed by atoms with Crippen LogP contribution in [0, 0.1) is 5.82 Å². The molecule has 0 radical (unpaired) electrons. The molecule has 0 aliphatic heterocycles. The van der Waals surface area contributed by atoms with E-state index >= 15 is 0 Å². The molecule has 128 valence electrons. The molecule has 2 aromatic carbocycles. The van der Waals surface area contributed by atoms with Gasteiger partial charge in [0, 0.05) is 0 Å². The first-order valence-corrected chi connectivity index (χ1v) is 7.25. The number of furan rings is 1. The first kappa shape index (κ1) is 16.5. The quantitative estimate of drug-likeness (QED) is 0.434. The summed E-state index contributed by atoms with van der Waals surface area (Å²) in [5.74, 6) is -3.09. The highest BCUT2D eigenvalue weighted by molar-refractivity contribution is 6.41. The van der Waals surface area contributed by atoms with Crippen molar-refractivity contribution in [1.29, 1.82) is 0 Å². The maximum atomic E-state index is 12.9. The van der Waals surface area contributed by atoms with Crippen LogP contribution < -0.4 is 4.74 Å².